The van der Waals surface area contributed by atoms with Crippen LogP contribution in [0.3, 0.4) is 0 Å². The molecular weight excluding hydrogens is 312 g/mol. The molecule has 0 aliphatic carbocycles. The lowest BCUT2D eigenvalue weighted by molar-refractivity contribution is 0.553. The third-order valence-corrected chi connectivity index (χ3v) is 5.34. The van der Waals surface area contributed by atoms with E-state index in [4.69, 9.17) is 0 Å². The second-order valence-electron chi connectivity index (χ2n) is 8.27. The maximum atomic E-state index is 2.42. The average Bonchev–Trinajstić information content (AvgIpc) is 2.64. The van der Waals surface area contributed by atoms with Crippen LogP contribution in [0.5, 0.6) is 0 Å². The summed E-state index contributed by atoms with van der Waals surface area (Å²) in [5.74, 6) is 0.779. The van der Waals surface area contributed by atoms with Crippen LogP contribution in [-0.2, 0) is 0 Å². The fourth-order valence-corrected chi connectivity index (χ4v) is 3.57. The standard InChI is InChI=1S/C26H50/c1-4-6-7-8-9-10-11-12-13-14-15-16-17-18-19-20-21-22-23-25-26(3)24-5-2/h9-10,23,25-26H,4-8,11-22,24H2,1-3H3. The molecule has 1 unspecified atom stereocenters. The summed E-state index contributed by atoms with van der Waals surface area (Å²) in [6.45, 7) is 6.89. The van der Waals surface area contributed by atoms with Crippen LogP contribution in [0.4, 0.5) is 0 Å². The van der Waals surface area contributed by atoms with E-state index in [9.17, 15) is 0 Å². The van der Waals surface area contributed by atoms with Gasteiger partial charge in [-0.2, -0.15) is 0 Å². The van der Waals surface area contributed by atoms with Gasteiger partial charge in [-0.25, -0.2) is 0 Å². The monoisotopic (exact) mass is 362 g/mol. The van der Waals surface area contributed by atoms with Crippen LogP contribution < -0.4 is 0 Å². The smallest absolute Gasteiger partial charge is 0.0262 e. The van der Waals surface area contributed by atoms with Crippen LogP contribution in [-0.4, -0.2) is 0 Å². The summed E-state index contributed by atoms with van der Waals surface area (Å²) >= 11 is 0. The van der Waals surface area contributed by atoms with Gasteiger partial charge in [0.2, 0.25) is 0 Å². The van der Waals surface area contributed by atoms with Crippen molar-refractivity contribution in [3.63, 3.8) is 0 Å². The topological polar surface area (TPSA) is 0 Å². The maximum Gasteiger partial charge on any atom is -0.0262 e. The largest absolute Gasteiger partial charge is 0.0885 e. The Morgan fingerprint density at radius 2 is 0.923 bits per heavy atom. The summed E-state index contributed by atoms with van der Waals surface area (Å²) in [6, 6.07) is 0. The van der Waals surface area contributed by atoms with Crippen molar-refractivity contribution in [3.05, 3.63) is 24.3 Å². The predicted octanol–water partition coefficient (Wildman–Crippen LogP) is 9.80. The van der Waals surface area contributed by atoms with E-state index in [0.717, 1.165) is 5.92 Å². The molecule has 0 N–H and O–H groups in total. The summed E-state index contributed by atoms with van der Waals surface area (Å²) < 4.78 is 0. The molecule has 0 saturated carbocycles. The Morgan fingerprint density at radius 1 is 0.500 bits per heavy atom. The highest BCUT2D eigenvalue weighted by molar-refractivity contribution is 4.86. The Hall–Kier alpha value is -0.520. The van der Waals surface area contributed by atoms with Gasteiger partial charge in [-0.15, -0.1) is 0 Å². The van der Waals surface area contributed by atoms with Gasteiger partial charge < -0.3 is 0 Å². The molecule has 26 heavy (non-hydrogen) atoms. The minimum absolute atomic E-state index is 0.779. The highest BCUT2D eigenvalue weighted by atomic mass is 14.0. The lowest BCUT2D eigenvalue weighted by atomic mass is 10.0. The predicted molar refractivity (Wildman–Crippen MR) is 122 cm³/mol. The molecule has 0 aromatic carbocycles. The second kappa shape index (κ2) is 22.5. The third kappa shape index (κ3) is 21.5. The molecule has 0 amide bonds. The van der Waals surface area contributed by atoms with Gasteiger partial charge >= 0.3 is 0 Å². The Morgan fingerprint density at radius 3 is 1.38 bits per heavy atom. The molecule has 0 heterocycles. The molecule has 154 valence electrons. The first-order chi connectivity index (χ1) is 12.8. The Labute approximate surface area is 166 Å². The minimum atomic E-state index is 0.779. The Bertz CT molecular complexity index is 299. The van der Waals surface area contributed by atoms with Crippen LogP contribution >= 0.6 is 0 Å². The maximum absolute atomic E-state index is 2.42. The zero-order valence-electron chi connectivity index (χ0n) is 18.6. The van der Waals surface area contributed by atoms with Crippen molar-refractivity contribution in [3.8, 4) is 0 Å². The molecule has 0 aliphatic heterocycles. The fourth-order valence-electron chi connectivity index (χ4n) is 3.57. The van der Waals surface area contributed by atoms with E-state index < -0.39 is 0 Å². The van der Waals surface area contributed by atoms with E-state index in [1.807, 2.05) is 0 Å². The van der Waals surface area contributed by atoms with Crippen LogP contribution in [0, 0.1) is 5.92 Å². The van der Waals surface area contributed by atoms with Gasteiger partial charge in [-0.1, -0.05) is 116 Å². The first-order valence-corrected chi connectivity index (χ1v) is 12.1. The van der Waals surface area contributed by atoms with E-state index in [1.54, 1.807) is 0 Å². The molecular formula is C26H50. The summed E-state index contributed by atoms with van der Waals surface area (Å²) in [5.41, 5.74) is 0. The lowest BCUT2D eigenvalue weighted by Crippen LogP contribution is -1.87. The number of rotatable bonds is 20. The molecule has 0 radical (unpaired) electrons. The number of hydrogen-bond donors (Lipinski definition) is 0. The molecule has 1 atom stereocenters. The highest BCUT2D eigenvalue weighted by Gasteiger charge is 1.94. The van der Waals surface area contributed by atoms with Crippen LogP contribution in [0.1, 0.15) is 136 Å². The zero-order chi connectivity index (χ0) is 19.1. The second-order valence-corrected chi connectivity index (χ2v) is 8.27. The van der Waals surface area contributed by atoms with Crippen LogP contribution in [0.25, 0.3) is 0 Å². The van der Waals surface area contributed by atoms with Gasteiger partial charge in [0, 0.05) is 0 Å². The summed E-state index contributed by atoms with van der Waals surface area (Å²) in [7, 11) is 0. The molecule has 0 saturated heterocycles. The van der Waals surface area contributed by atoms with Crippen molar-refractivity contribution in [2.24, 2.45) is 5.92 Å². The Kier molecular flexibility index (Phi) is 22.1. The molecule has 0 nitrogen and oxygen atoms in total. The molecule has 0 heteroatoms. The van der Waals surface area contributed by atoms with E-state index >= 15 is 0 Å². The lowest BCUT2D eigenvalue weighted by Gasteiger charge is -2.03. The normalized spacial score (nSPS) is 13.2. The fraction of sp³-hybridized carbons (Fsp3) is 0.846. The van der Waals surface area contributed by atoms with Gasteiger partial charge in [0.15, 0.2) is 0 Å². The van der Waals surface area contributed by atoms with Crippen LogP contribution in [0.2, 0.25) is 0 Å². The molecule has 0 bridgehead atoms. The van der Waals surface area contributed by atoms with Gasteiger partial charge in [-0.3, -0.25) is 0 Å². The van der Waals surface area contributed by atoms with Crippen LogP contribution in [0.15, 0.2) is 24.3 Å². The quantitative estimate of drug-likeness (QED) is 0.149. The first-order valence-electron chi connectivity index (χ1n) is 12.1. The van der Waals surface area contributed by atoms with E-state index in [2.05, 4.69) is 45.1 Å². The first kappa shape index (κ1) is 25.5. The highest BCUT2D eigenvalue weighted by Crippen LogP contribution is 2.13. The van der Waals surface area contributed by atoms with Gasteiger partial charge in [0.25, 0.3) is 0 Å². The molecule has 0 aromatic heterocycles. The van der Waals surface area contributed by atoms with Crippen molar-refractivity contribution in [1.29, 1.82) is 0 Å². The average molecular weight is 363 g/mol. The van der Waals surface area contributed by atoms with E-state index in [0.29, 0.717) is 0 Å². The molecule has 0 aromatic rings. The van der Waals surface area contributed by atoms with Crippen molar-refractivity contribution in [2.75, 3.05) is 0 Å². The summed E-state index contributed by atoms with van der Waals surface area (Å²) in [6.07, 6.45) is 34.7. The van der Waals surface area contributed by atoms with Gasteiger partial charge in [-0.05, 0) is 50.9 Å². The molecule has 0 aliphatic rings. The number of allylic oxidation sites excluding steroid dienone is 4. The third-order valence-electron chi connectivity index (χ3n) is 5.34. The van der Waals surface area contributed by atoms with Crippen molar-refractivity contribution in [2.45, 2.75) is 136 Å². The summed E-state index contributed by atoms with van der Waals surface area (Å²) in [4.78, 5) is 0. The van der Waals surface area contributed by atoms with Crippen molar-refractivity contribution >= 4 is 0 Å². The molecule has 0 spiro atoms. The molecule has 0 fully saturated rings. The summed E-state index contributed by atoms with van der Waals surface area (Å²) in [5, 5.41) is 0. The minimum Gasteiger partial charge on any atom is -0.0885 e. The van der Waals surface area contributed by atoms with E-state index in [-0.39, 0.29) is 0 Å². The zero-order valence-corrected chi connectivity index (χ0v) is 18.6. The number of hydrogen-bond acceptors (Lipinski definition) is 0. The Balaban J connectivity index is 3.13. The van der Waals surface area contributed by atoms with E-state index in [1.165, 1.54) is 116 Å². The van der Waals surface area contributed by atoms with Crippen molar-refractivity contribution < 1.29 is 0 Å². The van der Waals surface area contributed by atoms with Crippen molar-refractivity contribution in [1.82, 2.24) is 0 Å². The molecule has 0 rings (SSSR count). The SMILES string of the molecule is CCCCCC=CCCCCCCCCCCCCC=CC(C)CCC. The van der Waals surface area contributed by atoms with Gasteiger partial charge in [0.05, 0.1) is 0 Å². The number of unbranched alkanes of at least 4 members (excludes halogenated alkanes) is 14. The van der Waals surface area contributed by atoms with Gasteiger partial charge in [0.1, 0.15) is 0 Å².